The Bertz CT molecular complexity index is 1650. The van der Waals surface area contributed by atoms with Crippen molar-refractivity contribution in [2.75, 3.05) is 22.9 Å². The molecule has 4 aromatic rings. The lowest BCUT2D eigenvalue weighted by molar-refractivity contribution is -0.143. The van der Waals surface area contributed by atoms with Crippen LogP contribution in [0.5, 0.6) is 0 Å². The second-order valence-electron chi connectivity index (χ2n) is 12.7. The molecule has 0 aliphatic heterocycles. The highest BCUT2D eigenvalue weighted by atomic mass is 19.4. The molecule has 0 spiro atoms. The largest absolute Gasteiger partial charge is 0.416 e. The van der Waals surface area contributed by atoms with E-state index in [1.807, 2.05) is 31.2 Å². The molecule has 14 heteroatoms. The lowest BCUT2D eigenvalue weighted by Gasteiger charge is -2.29. The highest BCUT2D eigenvalue weighted by Gasteiger charge is 2.37. The molecule has 2 saturated carbocycles. The molecule has 1 unspecified atom stereocenters. The number of aryl methyl sites for hydroxylation is 1. The molecule has 2 aromatic carbocycles. The van der Waals surface area contributed by atoms with Crippen LogP contribution in [0.2, 0.25) is 0 Å². The highest BCUT2D eigenvalue weighted by molar-refractivity contribution is 5.84. The van der Waals surface area contributed by atoms with Crippen molar-refractivity contribution in [1.82, 2.24) is 25.2 Å². The molecule has 246 valence electrons. The second kappa shape index (κ2) is 12.3. The normalized spacial score (nSPS) is 16.2. The summed E-state index contributed by atoms with van der Waals surface area (Å²) >= 11 is 0. The third kappa shape index (κ3) is 7.71. The molecule has 2 aromatic heterocycles. The van der Waals surface area contributed by atoms with Gasteiger partial charge in [0, 0.05) is 37.1 Å². The van der Waals surface area contributed by atoms with E-state index in [1.54, 1.807) is 0 Å². The Balaban J connectivity index is 1.45. The summed E-state index contributed by atoms with van der Waals surface area (Å²) in [5.74, 6) is 1.83. The van der Waals surface area contributed by atoms with Crippen LogP contribution in [0.25, 0.3) is 10.9 Å². The first-order valence-electron chi connectivity index (χ1n) is 15.4. The van der Waals surface area contributed by atoms with Gasteiger partial charge in [0.25, 0.3) is 5.95 Å². The average Bonchev–Trinajstić information content (AvgIpc) is 3.91. The fourth-order valence-electron chi connectivity index (χ4n) is 5.65. The summed E-state index contributed by atoms with van der Waals surface area (Å²) in [7, 11) is 0. The molecule has 8 nitrogen and oxygen atoms in total. The molecule has 0 radical (unpaired) electrons. The summed E-state index contributed by atoms with van der Waals surface area (Å²) in [4.78, 5) is 10.1. The van der Waals surface area contributed by atoms with E-state index in [1.165, 1.54) is 11.8 Å². The Kier molecular flexibility index (Phi) is 8.59. The molecule has 2 aliphatic rings. The maximum absolute atomic E-state index is 13.8. The summed E-state index contributed by atoms with van der Waals surface area (Å²) in [6.07, 6.45) is -6.28. The number of rotatable bonds is 12. The monoisotopic (exact) mass is 647 g/mol. The lowest BCUT2D eigenvalue weighted by Crippen LogP contribution is -2.32. The minimum absolute atomic E-state index is 0.00122. The molecule has 2 heterocycles. The van der Waals surface area contributed by atoms with Crippen molar-refractivity contribution in [2.24, 2.45) is 11.8 Å². The van der Waals surface area contributed by atoms with Gasteiger partial charge in [-0.2, -0.15) is 31.1 Å². The number of nitrogens with zero attached hydrogens (tertiary/aromatic N) is 7. The van der Waals surface area contributed by atoms with Crippen LogP contribution in [-0.4, -0.2) is 49.5 Å². The summed E-state index contributed by atoms with van der Waals surface area (Å²) in [5.41, 5.74) is -0.440. The van der Waals surface area contributed by atoms with Gasteiger partial charge in [0.15, 0.2) is 0 Å². The Morgan fingerprint density at radius 1 is 0.891 bits per heavy atom. The Labute approximate surface area is 262 Å². The third-order valence-electron chi connectivity index (χ3n) is 8.29. The minimum Gasteiger partial charge on any atom is -0.391 e. The van der Waals surface area contributed by atoms with E-state index in [2.05, 4.69) is 20.3 Å². The fourth-order valence-corrected chi connectivity index (χ4v) is 5.65. The van der Waals surface area contributed by atoms with E-state index < -0.39 is 29.6 Å². The zero-order chi connectivity index (χ0) is 32.8. The van der Waals surface area contributed by atoms with Gasteiger partial charge in [-0.15, -0.1) is 5.10 Å². The van der Waals surface area contributed by atoms with E-state index >= 15 is 0 Å². The van der Waals surface area contributed by atoms with Crippen LogP contribution in [0, 0.1) is 18.8 Å². The predicted octanol–water partition coefficient (Wildman–Crippen LogP) is 6.78. The number of aliphatic hydroxyl groups excluding tert-OH is 1. The number of tetrazole rings is 1. The van der Waals surface area contributed by atoms with E-state index in [-0.39, 0.29) is 37.2 Å². The number of anilines is 2. The highest BCUT2D eigenvalue weighted by Crippen LogP contribution is 2.39. The number of pyridine rings is 1. The second-order valence-corrected chi connectivity index (χ2v) is 12.7. The molecule has 0 bridgehead atoms. The van der Waals surface area contributed by atoms with Gasteiger partial charge in [-0.1, -0.05) is 23.3 Å². The zero-order valence-electron chi connectivity index (χ0n) is 25.5. The average molecular weight is 648 g/mol. The van der Waals surface area contributed by atoms with Gasteiger partial charge in [0.05, 0.1) is 29.3 Å². The molecule has 0 saturated heterocycles. The first-order valence-corrected chi connectivity index (χ1v) is 15.4. The molecule has 1 N–H and O–H groups in total. The van der Waals surface area contributed by atoms with Crippen LogP contribution in [0.4, 0.5) is 38.1 Å². The SMILES string of the molecule is Cc1cccc2cc(CN(Cc3cc(C(F)(F)F)cc(C(F)(F)F)c3)c3nnn(CC(C)O)n3)c(N(CC3CC3)CC3CC3)nc12. The van der Waals surface area contributed by atoms with Crippen molar-refractivity contribution in [3.63, 3.8) is 0 Å². The van der Waals surface area contributed by atoms with E-state index in [4.69, 9.17) is 4.98 Å². The minimum atomic E-state index is -4.99. The van der Waals surface area contributed by atoms with E-state index in [9.17, 15) is 31.4 Å². The molecular weight excluding hydrogens is 612 g/mol. The van der Waals surface area contributed by atoms with Crippen molar-refractivity contribution in [3.8, 4) is 0 Å². The van der Waals surface area contributed by atoms with E-state index in [0.29, 0.717) is 11.8 Å². The van der Waals surface area contributed by atoms with Crippen LogP contribution in [-0.2, 0) is 32.0 Å². The molecular formula is C32H35F6N7O. The number of para-hydroxylation sites is 1. The summed E-state index contributed by atoms with van der Waals surface area (Å²) in [6, 6.07) is 9.36. The predicted molar refractivity (Wildman–Crippen MR) is 160 cm³/mol. The molecule has 46 heavy (non-hydrogen) atoms. The van der Waals surface area contributed by atoms with Crippen molar-refractivity contribution in [2.45, 2.75) is 77.6 Å². The van der Waals surface area contributed by atoms with Gasteiger partial charge in [-0.25, -0.2) is 4.98 Å². The maximum Gasteiger partial charge on any atom is 0.416 e. The third-order valence-corrected chi connectivity index (χ3v) is 8.29. The van der Waals surface area contributed by atoms with Gasteiger partial charge in [-0.05, 0) is 92.0 Å². The number of aromatic nitrogens is 5. The topological polar surface area (TPSA) is 83.2 Å². The molecule has 1 atom stereocenters. The zero-order valence-corrected chi connectivity index (χ0v) is 25.5. The van der Waals surface area contributed by atoms with E-state index in [0.717, 1.165) is 83.5 Å². The summed E-state index contributed by atoms with van der Waals surface area (Å²) in [5, 5.41) is 23.1. The Morgan fingerprint density at radius 2 is 1.52 bits per heavy atom. The van der Waals surface area contributed by atoms with Crippen LogP contribution in [0.1, 0.15) is 60.4 Å². The van der Waals surface area contributed by atoms with Crippen LogP contribution >= 0.6 is 0 Å². The van der Waals surface area contributed by atoms with Crippen LogP contribution in [0.3, 0.4) is 0 Å². The van der Waals surface area contributed by atoms with Crippen LogP contribution in [0.15, 0.2) is 42.5 Å². The van der Waals surface area contributed by atoms with Gasteiger partial charge in [0.1, 0.15) is 5.82 Å². The van der Waals surface area contributed by atoms with Crippen molar-refractivity contribution >= 4 is 22.7 Å². The number of benzene rings is 2. The van der Waals surface area contributed by atoms with Gasteiger partial charge in [-0.3, -0.25) is 0 Å². The fraction of sp³-hybridized carbons (Fsp3) is 0.500. The molecule has 2 fully saturated rings. The Morgan fingerprint density at radius 3 is 2.09 bits per heavy atom. The van der Waals surface area contributed by atoms with Crippen molar-refractivity contribution in [3.05, 3.63) is 70.3 Å². The first-order chi connectivity index (χ1) is 21.7. The standard InChI is InChI=1S/C32H35F6N7O/c1-19-4-3-5-24-12-25(29(39-28(19)24)43(15-21-6-7-21)16-22-8-9-22)18-44(30-40-42-45(41-30)14-20(2)46)17-23-10-26(31(33,34)35)13-27(11-23)32(36,37)38/h3-5,10-13,20-22,46H,6-9,14-18H2,1-2H3. The van der Waals surface area contributed by atoms with Crippen molar-refractivity contribution in [1.29, 1.82) is 0 Å². The summed E-state index contributed by atoms with van der Waals surface area (Å²) in [6.45, 7) is 4.82. The number of fused-ring (bicyclic) bond motifs is 1. The lowest BCUT2D eigenvalue weighted by atomic mass is 10.0. The number of hydrogen-bond acceptors (Lipinski definition) is 7. The van der Waals surface area contributed by atoms with Gasteiger partial charge < -0.3 is 14.9 Å². The maximum atomic E-state index is 13.8. The molecule has 2 aliphatic carbocycles. The number of hydrogen-bond donors (Lipinski definition) is 1. The smallest absolute Gasteiger partial charge is 0.391 e. The number of alkyl halides is 6. The van der Waals surface area contributed by atoms with Crippen molar-refractivity contribution < 1.29 is 31.4 Å². The molecule has 6 rings (SSSR count). The summed E-state index contributed by atoms with van der Waals surface area (Å²) < 4.78 is 82.5. The Hall–Kier alpha value is -3.94. The van der Waals surface area contributed by atoms with Crippen LogP contribution < -0.4 is 9.80 Å². The number of aliphatic hydroxyl groups is 1. The quantitative estimate of drug-likeness (QED) is 0.170. The van der Waals surface area contributed by atoms with Gasteiger partial charge >= 0.3 is 12.4 Å². The van der Waals surface area contributed by atoms with Gasteiger partial charge in [0.2, 0.25) is 0 Å². The number of halogens is 6. The first kappa shape index (κ1) is 32.0. The molecule has 0 amide bonds.